The fourth-order valence-corrected chi connectivity index (χ4v) is 1.58. The van der Waals surface area contributed by atoms with E-state index in [0.717, 1.165) is 12.8 Å². The van der Waals surface area contributed by atoms with Gasteiger partial charge in [-0.15, -0.1) is 12.8 Å². The molecule has 0 aromatic heterocycles. The first kappa shape index (κ1) is 20.5. The Morgan fingerprint density at radius 2 is 1.28 bits per heavy atom. The summed E-state index contributed by atoms with van der Waals surface area (Å²) in [6, 6.07) is 0. The smallest absolute Gasteiger partial charge is 1.00 e. The molecule has 0 aliphatic heterocycles. The fraction of sp³-hybridized carbons (Fsp3) is 0.438. The van der Waals surface area contributed by atoms with Crippen LogP contribution in [0.2, 0.25) is 0 Å². The van der Waals surface area contributed by atoms with Gasteiger partial charge < -0.3 is 18.8 Å². The second-order valence-corrected chi connectivity index (χ2v) is 3.93. The van der Waals surface area contributed by atoms with E-state index in [0.29, 0.717) is 0 Å². The average molecular weight is 340 g/mol. The van der Waals surface area contributed by atoms with Crippen molar-refractivity contribution >= 4 is 0 Å². The summed E-state index contributed by atoms with van der Waals surface area (Å²) in [4.78, 5) is 0. The van der Waals surface area contributed by atoms with Crippen LogP contribution >= 0.6 is 0 Å². The molecule has 0 saturated heterocycles. The van der Waals surface area contributed by atoms with Crippen LogP contribution in [0.25, 0.3) is 0 Å². The van der Waals surface area contributed by atoms with Crippen molar-refractivity contribution in [1.82, 2.24) is 0 Å². The summed E-state index contributed by atoms with van der Waals surface area (Å²) in [5.41, 5.74) is 0. The van der Waals surface area contributed by atoms with Gasteiger partial charge in [0.1, 0.15) is 0 Å². The van der Waals surface area contributed by atoms with Gasteiger partial charge in [0.15, 0.2) is 0 Å². The predicted octanol–water partition coefficient (Wildman–Crippen LogP) is 1.77. The zero-order chi connectivity index (χ0) is 11.3. The first-order valence-corrected chi connectivity index (χ1v) is 6.25. The number of rotatable bonds is 0. The van der Waals surface area contributed by atoms with E-state index < -0.39 is 0 Å². The second kappa shape index (κ2) is 17.1. The van der Waals surface area contributed by atoms with Gasteiger partial charge in [0, 0.05) is 0 Å². The summed E-state index contributed by atoms with van der Waals surface area (Å²) in [6.45, 7) is 0. The summed E-state index contributed by atoms with van der Waals surface area (Å²) in [5, 5.41) is 0. The first-order chi connectivity index (χ1) is 8.00. The van der Waals surface area contributed by atoms with Crippen molar-refractivity contribution < 1.29 is 38.6 Å². The van der Waals surface area contributed by atoms with Gasteiger partial charge in [-0.1, -0.05) is 19.3 Å². The third-order valence-electron chi connectivity index (χ3n) is 2.49. The zero-order valence-electron chi connectivity index (χ0n) is 10.9. The van der Waals surface area contributed by atoms with Crippen molar-refractivity contribution in [3.63, 3.8) is 0 Å². The molecular weight excluding hydrogens is 319 g/mol. The predicted molar refractivity (Wildman–Crippen MR) is 70.5 cm³/mol. The van der Waals surface area contributed by atoms with E-state index in [1.807, 2.05) is 24.3 Å². The third-order valence-corrected chi connectivity index (χ3v) is 2.49. The quantitative estimate of drug-likeness (QED) is 0.590. The van der Waals surface area contributed by atoms with Gasteiger partial charge in [-0.05, 0) is 0 Å². The van der Waals surface area contributed by atoms with Crippen LogP contribution in [-0.4, -0.2) is 0 Å². The molecule has 0 heterocycles. The average Bonchev–Trinajstić information content (AvgIpc) is 3.10. The van der Waals surface area contributed by atoms with Gasteiger partial charge in [-0.25, -0.2) is 24.3 Å². The summed E-state index contributed by atoms with van der Waals surface area (Å²) >= 11 is 0. The number of hydrogen-bond acceptors (Lipinski definition) is 0. The minimum Gasteiger partial charge on any atom is -1.00 e. The van der Waals surface area contributed by atoms with E-state index >= 15 is 0 Å². The SMILES string of the molecule is [C-]1=CC=CC1.[C-]1=CC=CC1.[CH-]1CCCCC1.[Cl-].[Zr+4]. The van der Waals surface area contributed by atoms with Gasteiger partial charge in [0.2, 0.25) is 0 Å². The zero-order valence-corrected chi connectivity index (χ0v) is 14.1. The molecule has 3 aliphatic rings. The van der Waals surface area contributed by atoms with E-state index in [4.69, 9.17) is 0 Å². The molecule has 0 N–H and O–H groups in total. The van der Waals surface area contributed by atoms with Crippen LogP contribution in [0.5, 0.6) is 0 Å². The van der Waals surface area contributed by atoms with E-state index in [1.54, 1.807) is 0 Å². The molecule has 0 radical (unpaired) electrons. The molecule has 0 unspecified atom stereocenters. The Morgan fingerprint density at radius 1 is 0.778 bits per heavy atom. The third kappa shape index (κ3) is 14.2. The van der Waals surface area contributed by atoms with Crippen molar-refractivity contribution in [1.29, 1.82) is 0 Å². The maximum Gasteiger partial charge on any atom is 4.00 e. The first-order valence-electron chi connectivity index (χ1n) is 6.25. The Morgan fingerprint density at radius 3 is 1.39 bits per heavy atom. The van der Waals surface area contributed by atoms with E-state index in [2.05, 4.69) is 30.7 Å². The number of hydrogen-bond donors (Lipinski definition) is 0. The number of allylic oxidation sites excluding steroid dienone is 8. The molecule has 3 aliphatic carbocycles. The Bertz CT molecular complexity index is 207. The van der Waals surface area contributed by atoms with Crippen molar-refractivity contribution in [2.24, 2.45) is 0 Å². The Kier molecular flexibility index (Phi) is 19.5. The van der Waals surface area contributed by atoms with Crippen LogP contribution in [0.1, 0.15) is 44.9 Å². The molecule has 0 spiro atoms. The van der Waals surface area contributed by atoms with Crippen LogP contribution in [0.15, 0.2) is 36.5 Å². The van der Waals surface area contributed by atoms with Gasteiger partial charge in [-0.2, -0.15) is 25.0 Å². The monoisotopic (exact) mass is 338 g/mol. The molecule has 18 heavy (non-hydrogen) atoms. The molecule has 0 atom stereocenters. The van der Waals surface area contributed by atoms with Gasteiger partial charge >= 0.3 is 26.2 Å². The second-order valence-electron chi connectivity index (χ2n) is 3.93. The van der Waals surface area contributed by atoms with Gasteiger partial charge in [0.05, 0.1) is 0 Å². The molecule has 96 valence electrons. The Hall–Kier alpha value is 0.133. The van der Waals surface area contributed by atoms with E-state index in [1.165, 1.54) is 32.1 Å². The van der Waals surface area contributed by atoms with Crippen LogP contribution < -0.4 is 12.4 Å². The summed E-state index contributed by atoms with van der Waals surface area (Å²) in [6.07, 6.45) is 29.5. The molecule has 1 fully saturated rings. The molecule has 2 heteroatoms. The maximum atomic E-state index is 2.99. The summed E-state index contributed by atoms with van der Waals surface area (Å²) < 4.78 is 0. The molecule has 3 rings (SSSR count). The minimum atomic E-state index is 0. The van der Waals surface area contributed by atoms with Crippen LogP contribution in [0.3, 0.4) is 0 Å². The van der Waals surface area contributed by atoms with Gasteiger partial charge in [0.25, 0.3) is 0 Å². The van der Waals surface area contributed by atoms with Crippen molar-refractivity contribution in [2.45, 2.75) is 44.9 Å². The van der Waals surface area contributed by atoms with Crippen LogP contribution in [0.4, 0.5) is 0 Å². The molecule has 0 amide bonds. The summed E-state index contributed by atoms with van der Waals surface area (Å²) in [5.74, 6) is 0. The minimum absolute atomic E-state index is 0. The fourth-order valence-electron chi connectivity index (χ4n) is 1.58. The van der Waals surface area contributed by atoms with Gasteiger partial charge in [-0.3, -0.25) is 12.2 Å². The molecular formula is C16H21ClZr. The molecule has 0 nitrogen and oxygen atoms in total. The van der Waals surface area contributed by atoms with Crippen molar-refractivity contribution in [2.75, 3.05) is 0 Å². The summed E-state index contributed by atoms with van der Waals surface area (Å²) in [7, 11) is 0. The molecule has 0 aromatic rings. The normalized spacial score (nSPS) is 17.8. The largest absolute Gasteiger partial charge is 4.00 e. The molecule has 0 bridgehead atoms. The topological polar surface area (TPSA) is 0 Å². The van der Waals surface area contributed by atoms with E-state index in [9.17, 15) is 0 Å². The van der Waals surface area contributed by atoms with Crippen molar-refractivity contribution in [3.8, 4) is 0 Å². The van der Waals surface area contributed by atoms with Crippen molar-refractivity contribution in [3.05, 3.63) is 55.0 Å². The Balaban J connectivity index is 0. The standard InChI is InChI=1S/C6H11.2C5H5.ClH.Zr/c1-2-4-6-5-3-1;2*1-2-4-5-3-1;;/h1H,2-6H2;2*1-3H,4H2;1H;/q3*-1;;+4/p-1. The molecule has 0 aromatic carbocycles. The Labute approximate surface area is 138 Å². The van der Waals surface area contributed by atoms with Crippen LogP contribution in [-0.2, 0) is 26.2 Å². The number of halogens is 1. The van der Waals surface area contributed by atoms with Crippen LogP contribution in [0, 0.1) is 18.6 Å². The van der Waals surface area contributed by atoms with E-state index in [-0.39, 0.29) is 38.6 Å². The maximum absolute atomic E-state index is 2.99. The molecule has 1 saturated carbocycles.